The number of benzene rings is 2. The average molecular weight is 374 g/mol. The van der Waals surface area contributed by atoms with Gasteiger partial charge in [-0.05, 0) is 42.8 Å². The Kier molecular flexibility index (Phi) is 5.21. The van der Waals surface area contributed by atoms with Gasteiger partial charge in [0.25, 0.3) is 0 Å². The highest BCUT2D eigenvalue weighted by molar-refractivity contribution is 5.86. The smallest absolute Gasteiger partial charge is 0.145 e. The van der Waals surface area contributed by atoms with Gasteiger partial charge in [-0.15, -0.1) is 0 Å². The number of ether oxygens (including phenoxy) is 2. The normalized spacial score (nSPS) is 12.1. The average Bonchev–Trinajstić information content (AvgIpc) is 3.12. The Hall–Kier alpha value is -3.38. The number of aromatic amines is 1. The van der Waals surface area contributed by atoms with Crippen LogP contribution < -0.4 is 15.2 Å². The minimum absolute atomic E-state index is 0.268. The molecule has 1 atom stereocenters. The summed E-state index contributed by atoms with van der Waals surface area (Å²) in [5, 5.41) is 8.38. The number of nitrogens with one attached hydrogen (secondary N) is 1. The number of hydrogen-bond donors (Lipinski definition) is 2. The predicted octanol–water partition coefficient (Wildman–Crippen LogP) is 3.72. The lowest BCUT2D eigenvalue weighted by Gasteiger charge is -2.18. The first kappa shape index (κ1) is 18.0. The summed E-state index contributed by atoms with van der Waals surface area (Å²) in [5.41, 5.74) is 9.88. The highest BCUT2D eigenvalue weighted by atomic mass is 16.5. The van der Waals surface area contributed by atoms with Crippen LogP contribution in [0.25, 0.3) is 22.0 Å². The van der Waals surface area contributed by atoms with E-state index in [0.717, 1.165) is 33.5 Å². The standard InChI is InChI=1S/C22H22N4O2/c1-15-21-10-16(7-8-22(21)26-25-15)17-9-19(13-24-12-17)28-20(11-23)14-27-18-5-3-2-4-6-18/h2-10,12-13,20H,11,14,23H2,1H3,(H,25,26). The molecule has 0 amide bonds. The van der Waals surface area contributed by atoms with E-state index in [1.165, 1.54) is 0 Å². The first-order valence-electron chi connectivity index (χ1n) is 9.17. The second-order valence-corrected chi connectivity index (χ2v) is 6.59. The molecule has 0 aliphatic carbocycles. The number of nitrogens with zero attached hydrogens (tertiary/aromatic N) is 2. The van der Waals surface area contributed by atoms with Gasteiger partial charge in [-0.2, -0.15) is 5.10 Å². The number of pyridine rings is 1. The second-order valence-electron chi connectivity index (χ2n) is 6.59. The zero-order valence-corrected chi connectivity index (χ0v) is 15.6. The van der Waals surface area contributed by atoms with Crippen LogP contribution in [0.5, 0.6) is 11.5 Å². The summed E-state index contributed by atoms with van der Waals surface area (Å²) in [7, 11) is 0. The molecule has 28 heavy (non-hydrogen) atoms. The van der Waals surface area contributed by atoms with Crippen molar-refractivity contribution in [1.29, 1.82) is 0 Å². The summed E-state index contributed by atoms with van der Waals surface area (Å²) in [5.74, 6) is 1.45. The molecule has 6 nitrogen and oxygen atoms in total. The fourth-order valence-electron chi connectivity index (χ4n) is 3.01. The maximum absolute atomic E-state index is 6.01. The van der Waals surface area contributed by atoms with Gasteiger partial charge < -0.3 is 15.2 Å². The molecule has 2 aromatic carbocycles. The molecule has 0 spiro atoms. The molecule has 0 saturated carbocycles. The third-order valence-electron chi connectivity index (χ3n) is 4.54. The van der Waals surface area contributed by atoms with Gasteiger partial charge in [-0.25, -0.2) is 0 Å². The fourth-order valence-corrected chi connectivity index (χ4v) is 3.01. The van der Waals surface area contributed by atoms with Crippen LogP contribution in [-0.2, 0) is 0 Å². The van der Waals surface area contributed by atoms with E-state index in [4.69, 9.17) is 15.2 Å². The molecule has 2 aromatic heterocycles. The number of rotatable bonds is 7. The zero-order chi connectivity index (χ0) is 19.3. The van der Waals surface area contributed by atoms with Crippen molar-refractivity contribution in [3.8, 4) is 22.6 Å². The van der Waals surface area contributed by atoms with Crippen molar-refractivity contribution in [2.45, 2.75) is 13.0 Å². The van der Waals surface area contributed by atoms with E-state index in [-0.39, 0.29) is 6.10 Å². The molecule has 4 aromatic rings. The van der Waals surface area contributed by atoms with Crippen molar-refractivity contribution in [3.05, 3.63) is 72.7 Å². The quantitative estimate of drug-likeness (QED) is 0.515. The molecule has 2 heterocycles. The Morgan fingerprint density at radius 2 is 1.86 bits per heavy atom. The Labute approximate surface area is 163 Å². The lowest BCUT2D eigenvalue weighted by atomic mass is 10.0. The lowest BCUT2D eigenvalue weighted by molar-refractivity contribution is 0.134. The molecule has 0 aliphatic heterocycles. The maximum atomic E-state index is 6.01. The number of fused-ring (bicyclic) bond motifs is 1. The van der Waals surface area contributed by atoms with Crippen LogP contribution in [0.4, 0.5) is 0 Å². The van der Waals surface area contributed by atoms with Crippen molar-refractivity contribution in [2.24, 2.45) is 5.73 Å². The van der Waals surface area contributed by atoms with E-state index in [1.54, 1.807) is 6.20 Å². The van der Waals surface area contributed by atoms with Crippen molar-refractivity contribution in [3.63, 3.8) is 0 Å². The fraction of sp³-hybridized carbons (Fsp3) is 0.182. The molecule has 0 bridgehead atoms. The summed E-state index contributed by atoms with van der Waals surface area (Å²) in [6.07, 6.45) is 3.24. The van der Waals surface area contributed by atoms with E-state index < -0.39 is 0 Å². The largest absolute Gasteiger partial charge is 0.490 e. The predicted molar refractivity (Wildman–Crippen MR) is 109 cm³/mol. The van der Waals surface area contributed by atoms with Crippen molar-refractivity contribution in [1.82, 2.24) is 15.2 Å². The lowest BCUT2D eigenvalue weighted by Crippen LogP contribution is -2.32. The van der Waals surface area contributed by atoms with E-state index in [9.17, 15) is 0 Å². The van der Waals surface area contributed by atoms with E-state index in [0.29, 0.717) is 18.9 Å². The molecule has 1 unspecified atom stereocenters. The summed E-state index contributed by atoms with van der Waals surface area (Å²) >= 11 is 0. The monoisotopic (exact) mass is 374 g/mol. The van der Waals surface area contributed by atoms with Gasteiger partial charge in [-0.1, -0.05) is 24.3 Å². The zero-order valence-electron chi connectivity index (χ0n) is 15.6. The SMILES string of the molecule is Cc1[nH]nc2ccc(-c3cncc(OC(CN)COc4ccccc4)c3)cc12. The first-order valence-corrected chi connectivity index (χ1v) is 9.17. The highest BCUT2D eigenvalue weighted by Crippen LogP contribution is 2.27. The molecule has 3 N–H and O–H groups in total. The Balaban J connectivity index is 1.49. The maximum Gasteiger partial charge on any atom is 0.145 e. The number of nitrogens with two attached hydrogens (primary N) is 1. The van der Waals surface area contributed by atoms with Gasteiger partial charge in [0.15, 0.2) is 0 Å². The Morgan fingerprint density at radius 3 is 2.68 bits per heavy atom. The van der Waals surface area contributed by atoms with Gasteiger partial charge in [0.1, 0.15) is 24.2 Å². The van der Waals surface area contributed by atoms with Gasteiger partial charge in [-0.3, -0.25) is 10.1 Å². The Bertz CT molecular complexity index is 1060. The van der Waals surface area contributed by atoms with E-state index >= 15 is 0 Å². The minimum atomic E-state index is -0.268. The molecule has 142 valence electrons. The second kappa shape index (κ2) is 8.10. The van der Waals surface area contributed by atoms with Crippen molar-refractivity contribution >= 4 is 10.9 Å². The summed E-state index contributed by atoms with van der Waals surface area (Å²) < 4.78 is 11.8. The van der Waals surface area contributed by atoms with Crippen molar-refractivity contribution < 1.29 is 9.47 Å². The minimum Gasteiger partial charge on any atom is -0.490 e. The number of aromatic nitrogens is 3. The summed E-state index contributed by atoms with van der Waals surface area (Å²) in [6, 6.07) is 17.7. The van der Waals surface area contributed by atoms with Crippen LogP contribution in [0.3, 0.4) is 0 Å². The highest BCUT2D eigenvalue weighted by Gasteiger charge is 2.12. The third-order valence-corrected chi connectivity index (χ3v) is 4.54. The molecular formula is C22H22N4O2. The van der Waals surface area contributed by atoms with E-state index in [2.05, 4.69) is 21.2 Å². The molecule has 0 radical (unpaired) electrons. The molecule has 4 rings (SSSR count). The van der Waals surface area contributed by atoms with Gasteiger partial charge >= 0.3 is 0 Å². The van der Waals surface area contributed by atoms with Gasteiger partial charge in [0.2, 0.25) is 0 Å². The van der Waals surface area contributed by atoms with Gasteiger partial charge in [0, 0.05) is 29.4 Å². The van der Waals surface area contributed by atoms with Gasteiger partial charge in [0.05, 0.1) is 11.7 Å². The van der Waals surface area contributed by atoms with Crippen LogP contribution in [0.1, 0.15) is 5.69 Å². The summed E-state index contributed by atoms with van der Waals surface area (Å²) in [6.45, 7) is 2.72. The van der Waals surface area contributed by atoms with Crippen molar-refractivity contribution in [2.75, 3.05) is 13.2 Å². The number of para-hydroxylation sites is 1. The number of aryl methyl sites for hydroxylation is 1. The van der Waals surface area contributed by atoms with E-state index in [1.807, 2.05) is 61.7 Å². The molecule has 0 saturated heterocycles. The van der Waals surface area contributed by atoms with Crippen LogP contribution >= 0.6 is 0 Å². The van der Waals surface area contributed by atoms with Crippen LogP contribution in [0.15, 0.2) is 67.0 Å². The summed E-state index contributed by atoms with van der Waals surface area (Å²) in [4.78, 5) is 4.33. The molecule has 0 aliphatic rings. The number of hydrogen-bond acceptors (Lipinski definition) is 5. The Morgan fingerprint density at radius 1 is 1.00 bits per heavy atom. The molecule has 6 heteroatoms. The molecule has 0 fully saturated rings. The van der Waals surface area contributed by atoms with Crippen LogP contribution in [-0.4, -0.2) is 34.4 Å². The molecular weight excluding hydrogens is 352 g/mol. The number of H-pyrrole nitrogens is 1. The van der Waals surface area contributed by atoms with Crippen LogP contribution in [0, 0.1) is 6.92 Å². The first-order chi connectivity index (χ1) is 13.7. The topological polar surface area (TPSA) is 86.0 Å². The van der Waals surface area contributed by atoms with Crippen LogP contribution in [0.2, 0.25) is 0 Å². The third kappa shape index (κ3) is 3.97.